The SMILES string of the molecule is Clc1ccc(CCNCc2cccc(OCc3ccccc3)c2)cc1. The largest absolute Gasteiger partial charge is 0.489 e. The average Bonchev–Trinajstić information content (AvgIpc) is 2.66. The van der Waals surface area contributed by atoms with E-state index in [-0.39, 0.29) is 0 Å². The van der Waals surface area contributed by atoms with E-state index in [1.54, 1.807) is 0 Å². The Kier molecular flexibility index (Phi) is 6.49. The third-order valence-corrected chi connectivity index (χ3v) is 4.23. The minimum absolute atomic E-state index is 0.592. The van der Waals surface area contributed by atoms with Crippen molar-refractivity contribution in [2.75, 3.05) is 6.54 Å². The van der Waals surface area contributed by atoms with Gasteiger partial charge in [-0.3, -0.25) is 0 Å². The van der Waals surface area contributed by atoms with E-state index in [0.29, 0.717) is 6.61 Å². The lowest BCUT2D eigenvalue weighted by molar-refractivity contribution is 0.306. The van der Waals surface area contributed by atoms with Gasteiger partial charge in [-0.05, 0) is 53.9 Å². The summed E-state index contributed by atoms with van der Waals surface area (Å²) >= 11 is 5.91. The molecule has 0 unspecified atom stereocenters. The summed E-state index contributed by atoms with van der Waals surface area (Å²) in [6.07, 6.45) is 0.987. The molecule has 0 aliphatic rings. The Balaban J connectivity index is 1.44. The minimum atomic E-state index is 0.592. The summed E-state index contributed by atoms with van der Waals surface area (Å²) in [5.41, 5.74) is 3.69. The van der Waals surface area contributed by atoms with Gasteiger partial charge in [0.1, 0.15) is 12.4 Å². The van der Waals surface area contributed by atoms with E-state index in [1.165, 1.54) is 16.7 Å². The molecule has 0 spiro atoms. The fourth-order valence-electron chi connectivity index (χ4n) is 2.60. The van der Waals surface area contributed by atoms with Crippen molar-refractivity contribution in [2.45, 2.75) is 19.6 Å². The Morgan fingerprint density at radius 1 is 0.760 bits per heavy atom. The monoisotopic (exact) mass is 351 g/mol. The first-order chi connectivity index (χ1) is 12.3. The number of nitrogens with one attached hydrogen (secondary N) is 1. The molecule has 0 fully saturated rings. The lowest BCUT2D eigenvalue weighted by Gasteiger charge is -2.09. The molecule has 0 atom stereocenters. The molecule has 0 aliphatic carbocycles. The summed E-state index contributed by atoms with van der Waals surface area (Å²) in [5, 5.41) is 4.26. The van der Waals surface area contributed by atoms with Crippen LogP contribution in [0.15, 0.2) is 78.9 Å². The van der Waals surface area contributed by atoms with Gasteiger partial charge in [-0.1, -0.05) is 66.2 Å². The van der Waals surface area contributed by atoms with Crippen LogP contribution in [-0.2, 0) is 19.6 Å². The predicted octanol–water partition coefficient (Wildman–Crippen LogP) is 5.25. The van der Waals surface area contributed by atoms with Crippen LogP contribution in [0.1, 0.15) is 16.7 Å². The highest BCUT2D eigenvalue weighted by molar-refractivity contribution is 6.30. The van der Waals surface area contributed by atoms with Crippen molar-refractivity contribution in [2.24, 2.45) is 0 Å². The van der Waals surface area contributed by atoms with Gasteiger partial charge in [-0.2, -0.15) is 0 Å². The first-order valence-corrected chi connectivity index (χ1v) is 8.88. The lowest BCUT2D eigenvalue weighted by Crippen LogP contribution is -2.16. The van der Waals surface area contributed by atoms with Crippen LogP contribution in [0.3, 0.4) is 0 Å². The van der Waals surface area contributed by atoms with Gasteiger partial charge in [0.2, 0.25) is 0 Å². The topological polar surface area (TPSA) is 21.3 Å². The van der Waals surface area contributed by atoms with Crippen molar-refractivity contribution in [3.05, 3.63) is 101 Å². The van der Waals surface area contributed by atoms with E-state index >= 15 is 0 Å². The van der Waals surface area contributed by atoms with Gasteiger partial charge >= 0.3 is 0 Å². The van der Waals surface area contributed by atoms with Gasteiger partial charge in [-0.25, -0.2) is 0 Å². The van der Waals surface area contributed by atoms with Crippen LogP contribution in [0.5, 0.6) is 5.75 Å². The fraction of sp³-hybridized carbons (Fsp3) is 0.182. The minimum Gasteiger partial charge on any atom is -0.489 e. The number of hydrogen-bond acceptors (Lipinski definition) is 2. The first-order valence-electron chi connectivity index (χ1n) is 8.50. The van der Waals surface area contributed by atoms with Gasteiger partial charge in [0.15, 0.2) is 0 Å². The zero-order chi connectivity index (χ0) is 17.3. The molecule has 2 nitrogen and oxygen atoms in total. The molecule has 3 aromatic rings. The summed E-state index contributed by atoms with van der Waals surface area (Å²) in [6, 6.07) is 26.5. The van der Waals surface area contributed by atoms with E-state index in [0.717, 1.165) is 30.3 Å². The molecule has 3 heteroatoms. The van der Waals surface area contributed by atoms with Crippen LogP contribution in [-0.4, -0.2) is 6.54 Å². The van der Waals surface area contributed by atoms with Crippen LogP contribution in [0.2, 0.25) is 5.02 Å². The van der Waals surface area contributed by atoms with Gasteiger partial charge in [-0.15, -0.1) is 0 Å². The second-order valence-corrected chi connectivity index (χ2v) is 6.41. The number of hydrogen-bond donors (Lipinski definition) is 1. The quantitative estimate of drug-likeness (QED) is 0.559. The summed E-state index contributed by atoms with van der Waals surface area (Å²) in [5.74, 6) is 0.904. The molecule has 0 bridgehead atoms. The molecule has 0 heterocycles. The van der Waals surface area contributed by atoms with Crippen molar-refractivity contribution in [3.63, 3.8) is 0 Å². The maximum Gasteiger partial charge on any atom is 0.120 e. The molecule has 0 radical (unpaired) electrons. The molecular formula is C22H22ClNO. The molecule has 3 aromatic carbocycles. The zero-order valence-corrected chi connectivity index (χ0v) is 14.9. The summed E-state index contributed by atoms with van der Waals surface area (Å²) in [7, 11) is 0. The predicted molar refractivity (Wildman–Crippen MR) is 104 cm³/mol. The van der Waals surface area contributed by atoms with Crippen molar-refractivity contribution in [3.8, 4) is 5.75 Å². The zero-order valence-electron chi connectivity index (χ0n) is 14.1. The molecule has 0 aliphatic heterocycles. The molecule has 0 aromatic heterocycles. The smallest absolute Gasteiger partial charge is 0.120 e. The highest BCUT2D eigenvalue weighted by Crippen LogP contribution is 2.15. The van der Waals surface area contributed by atoms with Gasteiger partial charge in [0.25, 0.3) is 0 Å². The lowest BCUT2D eigenvalue weighted by atomic mass is 10.1. The average molecular weight is 352 g/mol. The van der Waals surface area contributed by atoms with E-state index in [9.17, 15) is 0 Å². The van der Waals surface area contributed by atoms with Crippen molar-refractivity contribution >= 4 is 11.6 Å². The van der Waals surface area contributed by atoms with E-state index in [4.69, 9.17) is 16.3 Å². The first kappa shape index (κ1) is 17.5. The van der Waals surface area contributed by atoms with Crippen LogP contribution in [0.4, 0.5) is 0 Å². The fourth-order valence-corrected chi connectivity index (χ4v) is 2.73. The number of benzene rings is 3. The molecule has 128 valence electrons. The highest BCUT2D eigenvalue weighted by atomic mass is 35.5. The van der Waals surface area contributed by atoms with Gasteiger partial charge in [0, 0.05) is 11.6 Å². The normalized spacial score (nSPS) is 10.6. The maximum atomic E-state index is 5.91. The Morgan fingerprint density at radius 3 is 2.32 bits per heavy atom. The molecule has 3 rings (SSSR count). The van der Waals surface area contributed by atoms with Crippen LogP contribution in [0, 0.1) is 0 Å². The Hall–Kier alpha value is -2.29. The number of rotatable bonds is 8. The molecule has 1 N–H and O–H groups in total. The van der Waals surface area contributed by atoms with Crippen molar-refractivity contribution < 1.29 is 4.74 Å². The van der Waals surface area contributed by atoms with E-state index in [2.05, 4.69) is 41.7 Å². The Bertz CT molecular complexity index is 772. The summed E-state index contributed by atoms with van der Waals surface area (Å²) < 4.78 is 5.88. The van der Waals surface area contributed by atoms with Gasteiger partial charge < -0.3 is 10.1 Å². The molecule has 0 saturated heterocycles. The number of ether oxygens (including phenoxy) is 1. The second-order valence-electron chi connectivity index (χ2n) is 5.97. The van der Waals surface area contributed by atoms with E-state index < -0.39 is 0 Å². The summed E-state index contributed by atoms with van der Waals surface area (Å²) in [4.78, 5) is 0. The third kappa shape index (κ3) is 5.93. The maximum absolute atomic E-state index is 5.91. The van der Waals surface area contributed by atoms with Crippen molar-refractivity contribution in [1.29, 1.82) is 0 Å². The number of halogens is 1. The van der Waals surface area contributed by atoms with E-state index in [1.807, 2.05) is 42.5 Å². The molecule has 0 amide bonds. The molecule has 0 saturated carbocycles. The third-order valence-electron chi connectivity index (χ3n) is 3.98. The Morgan fingerprint density at radius 2 is 1.52 bits per heavy atom. The van der Waals surface area contributed by atoms with Crippen LogP contribution in [0.25, 0.3) is 0 Å². The van der Waals surface area contributed by atoms with Gasteiger partial charge in [0.05, 0.1) is 0 Å². The summed E-state index contributed by atoms with van der Waals surface area (Å²) in [6.45, 7) is 2.35. The highest BCUT2D eigenvalue weighted by Gasteiger charge is 1.99. The van der Waals surface area contributed by atoms with Crippen LogP contribution >= 0.6 is 11.6 Å². The second kappa shape index (κ2) is 9.26. The Labute approximate surface area is 154 Å². The standard InChI is InChI=1S/C22H22ClNO/c23-21-11-9-18(10-12-21)13-14-24-16-20-7-4-8-22(15-20)25-17-19-5-2-1-3-6-19/h1-12,15,24H,13-14,16-17H2. The molecular weight excluding hydrogens is 330 g/mol. The van der Waals surface area contributed by atoms with Crippen molar-refractivity contribution in [1.82, 2.24) is 5.32 Å². The van der Waals surface area contributed by atoms with Crippen LogP contribution < -0.4 is 10.1 Å². The molecule has 25 heavy (non-hydrogen) atoms.